The first kappa shape index (κ1) is 9.91. The molecule has 1 rings (SSSR count). The predicted molar refractivity (Wildman–Crippen MR) is 52.0 cm³/mol. The second-order valence-corrected chi connectivity index (χ2v) is 2.74. The van der Waals surface area contributed by atoms with E-state index in [0.29, 0.717) is 10.8 Å². The molecule has 0 unspecified atom stereocenters. The summed E-state index contributed by atoms with van der Waals surface area (Å²) in [6.45, 7) is -0.161. The number of methoxy groups -OCH3 is 1. The molecule has 0 radical (unpaired) electrons. The van der Waals surface area contributed by atoms with Gasteiger partial charge in [0.2, 0.25) is 0 Å². The minimum Gasteiger partial charge on any atom is -0.495 e. The summed E-state index contributed by atoms with van der Waals surface area (Å²) in [5, 5.41) is 9.11. The number of halogens is 1. The molecule has 0 amide bonds. The SMILES string of the molecule is COc1cc(Cl)ccc1C#CCO. The second-order valence-electron chi connectivity index (χ2n) is 2.30. The lowest BCUT2D eigenvalue weighted by Crippen LogP contribution is -1.87. The molecule has 0 saturated carbocycles. The standard InChI is InChI=1S/C10H9ClO2/c1-13-10-7-9(11)5-4-8(10)3-2-6-12/h4-5,7,12H,6H2,1H3. The molecule has 3 heteroatoms. The number of rotatable bonds is 1. The largest absolute Gasteiger partial charge is 0.495 e. The first-order valence-electron chi connectivity index (χ1n) is 3.71. The molecular weight excluding hydrogens is 188 g/mol. The highest BCUT2D eigenvalue weighted by atomic mass is 35.5. The minimum atomic E-state index is -0.161. The van der Waals surface area contributed by atoms with Gasteiger partial charge in [-0.05, 0) is 12.1 Å². The van der Waals surface area contributed by atoms with Crippen molar-refractivity contribution in [2.24, 2.45) is 0 Å². The summed E-state index contributed by atoms with van der Waals surface area (Å²) in [6.07, 6.45) is 0. The van der Waals surface area contributed by atoms with Gasteiger partial charge < -0.3 is 9.84 Å². The van der Waals surface area contributed by atoms with E-state index in [0.717, 1.165) is 5.56 Å². The molecule has 0 heterocycles. The van der Waals surface area contributed by atoms with Gasteiger partial charge >= 0.3 is 0 Å². The van der Waals surface area contributed by atoms with Crippen LogP contribution in [0.5, 0.6) is 5.75 Å². The molecule has 1 aromatic rings. The van der Waals surface area contributed by atoms with Crippen LogP contribution in [0.15, 0.2) is 18.2 Å². The molecule has 2 nitrogen and oxygen atoms in total. The van der Waals surface area contributed by atoms with Crippen molar-refractivity contribution in [2.45, 2.75) is 0 Å². The number of aliphatic hydroxyl groups is 1. The molecule has 0 atom stereocenters. The average Bonchev–Trinajstić information content (AvgIpc) is 2.16. The van der Waals surface area contributed by atoms with E-state index in [4.69, 9.17) is 21.4 Å². The third-order valence-electron chi connectivity index (χ3n) is 1.47. The third kappa shape index (κ3) is 2.66. The maximum absolute atomic E-state index is 8.51. The van der Waals surface area contributed by atoms with Crippen LogP contribution < -0.4 is 4.74 Å². The van der Waals surface area contributed by atoms with Gasteiger partial charge in [-0.1, -0.05) is 23.4 Å². The Morgan fingerprint density at radius 1 is 1.54 bits per heavy atom. The molecule has 68 valence electrons. The lowest BCUT2D eigenvalue weighted by Gasteiger charge is -2.02. The van der Waals surface area contributed by atoms with E-state index in [1.54, 1.807) is 25.3 Å². The number of ether oxygens (including phenoxy) is 1. The number of aliphatic hydroxyl groups excluding tert-OH is 1. The molecule has 0 aliphatic rings. The predicted octanol–water partition coefficient (Wildman–Crippen LogP) is 1.69. The van der Waals surface area contributed by atoms with Crippen LogP contribution in [0, 0.1) is 11.8 Å². The summed E-state index contributed by atoms with van der Waals surface area (Å²) in [5.74, 6) is 5.92. The van der Waals surface area contributed by atoms with E-state index in [1.165, 1.54) is 0 Å². The van der Waals surface area contributed by atoms with Gasteiger partial charge in [0.25, 0.3) is 0 Å². The van der Waals surface area contributed by atoms with Crippen molar-refractivity contribution in [1.82, 2.24) is 0 Å². The first-order valence-corrected chi connectivity index (χ1v) is 4.09. The molecule has 0 aliphatic carbocycles. The maximum atomic E-state index is 8.51. The van der Waals surface area contributed by atoms with Crippen molar-refractivity contribution in [3.05, 3.63) is 28.8 Å². The van der Waals surface area contributed by atoms with Gasteiger partial charge in [-0.3, -0.25) is 0 Å². The Bertz CT molecular complexity index is 350. The molecule has 1 N–H and O–H groups in total. The molecule has 0 saturated heterocycles. The highest BCUT2D eigenvalue weighted by Gasteiger charge is 1.99. The van der Waals surface area contributed by atoms with Crippen LogP contribution in [-0.2, 0) is 0 Å². The van der Waals surface area contributed by atoms with E-state index >= 15 is 0 Å². The lowest BCUT2D eigenvalue weighted by molar-refractivity contribution is 0.350. The summed E-state index contributed by atoms with van der Waals surface area (Å²) in [7, 11) is 1.55. The fraction of sp³-hybridized carbons (Fsp3) is 0.200. The van der Waals surface area contributed by atoms with Crippen LogP contribution in [0.1, 0.15) is 5.56 Å². The van der Waals surface area contributed by atoms with Gasteiger partial charge in [-0.25, -0.2) is 0 Å². The summed E-state index contributed by atoms with van der Waals surface area (Å²) in [5.41, 5.74) is 0.723. The monoisotopic (exact) mass is 196 g/mol. The van der Waals surface area contributed by atoms with Crippen LogP contribution in [0.2, 0.25) is 5.02 Å². The van der Waals surface area contributed by atoms with Crippen LogP contribution in [0.3, 0.4) is 0 Å². The Morgan fingerprint density at radius 2 is 2.31 bits per heavy atom. The topological polar surface area (TPSA) is 29.5 Å². The van der Waals surface area contributed by atoms with Crippen LogP contribution >= 0.6 is 11.6 Å². The fourth-order valence-corrected chi connectivity index (χ4v) is 1.07. The zero-order chi connectivity index (χ0) is 9.68. The number of hydrogen-bond acceptors (Lipinski definition) is 2. The molecule has 0 bridgehead atoms. The summed E-state index contributed by atoms with van der Waals surface area (Å²) in [4.78, 5) is 0. The highest BCUT2D eigenvalue weighted by molar-refractivity contribution is 6.30. The van der Waals surface area contributed by atoms with Crippen LogP contribution in [0.4, 0.5) is 0 Å². The lowest BCUT2D eigenvalue weighted by atomic mass is 10.2. The van der Waals surface area contributed by atoms with Crippen molar-refractivity contribution >= 4 is 11.6 Å². The second kappa shape index (κ2) is 4.76. The smallest absolute Gasteiger partial charge is 0.135 e. The van der Waals surface area contributed by atoms with Gasteiger partial charge in [0.05, 0.1) is 12.7 Å². The number of hydrogen-bond donors (Lipinski definition) is 1. The number of benzene rings is 1. The van der Waals surface area contributed by atoms with Crippen molar-refractivity contribution in [2.75, 3.05) is 13.7 Å². The van der Waals surface area contributed by atoms with E-state index in [2.05, 4.69) is 11.8 Å². The van der Waals surface area contributed by atoms with E-state index in [1.807, 2.05) is 0 Å². The Kier molecular flexibility index (Phi) is 3.63. The Balaban J connectivity index is 3.06. The molecular formula is C10H9ClO2. The van der Waals surface area contributed by atoms with Crippen LogP contribution in [0.25, 0.3) is 0 Å². The van der Waals surface area contributed by atoms with Crippen molar-refractivity contribution < 1.29 is 9.84 Å². The molecule has 13 heavy (non-hydrogen) atoms. The quantitative estimate of drug-likeness (QED) is 0.693. The van der Waals surface area contributed by atoms with Crippen LogP contribution in [-0.4, -0.2) is 18.8 Å². The molecule has 0 aromatic heterocycles. The Hall–Kier alpha value is -1.17. The fourth-order valence-electron chi connectivity index (χ4n) is 0.903. The van der Waals surface area contributed by atoms with E-state index < -0.39 is 0 Å². The van der Waals surface area contributed by atoms with Gasteiger partial charge in [-0.15, -0.1) is 0 Å². The summed E-state index contributed by atoms with van der Waals surface area (Å²) < 4.78 is 5.05. The summed E-state index contributed by atoms with van der Waals surface area (Å²) >= 11 is 5.75. The maximum Gasteiger partial charge on any atom is 0.135 e. The zero-order valence-corrected chi connectivity index (χ0v) is 7.93. The van der Waals surface area contributed by atoms with Gasteiger partial charge in [-0.2, -0.15) is 0 Å². The first-order chi connectivity index (χ1) is 6.27. The average molecular weight is 197 g/mol. The van der Waals surface area contributed by atoms with Crippen molar-refractivity contribution in [3.63, 3.8) is 0 Å². The minimum absolute atomic E-state index is 0.161. The highest BCUT2D eigenvalue weighted by Crippen LogP contribution is 2.21. The zero-order valence-electron chi connectivity index (χ0n) is 7.17. The Labute approximate surface area is 82.1 Å². The third-order valence-corrected chi connectivity index (χ3v) is 1.70. The van der Waals surface area contributed by atoms with Crippen molar-refractivity contribution in [3.8, 4) is 17.6 Å². The van der Waals surface area contributed by atoms with E-state index in [9.17, 15) is 0 Å². The van der Waals surface area contributed by atoms with Gasteiger partial charge in [0.15, 0.2) is 0 Å². The molecule has 0 spiro atoms. The van der Waals surface area contributed by atoms with Crippen molar-refractivity contribution in [1.29, 1.82) is 0 Å². The normalized spacial score (nSPS) is 8.85. The van der Waals surface area contributed by atoms with Gasteiger partial charge in [0.1, 0.15) is 12.4 Å². The molecule has 0 fully saturated rings. The Morgan fingerprint density at radius 3 is 2.92 bits per heavy atom. The molecule has 1 aromatic carbocycles. The molecule has 0 aliphatic heterocycles. The van der Waals surface area contributed by atoms with E-state index in [-0.39, 0.29) is 6.61 Å². The van der Waals surface area contributed by atoms with Gasteiger partial charge in [0, 0.05) is 11.1 Å². The summed E-state index contributed by atoms with van der Waals surface area (Å²) in [6, 6.07) is 5.16.